The van der Waals surface area contributed by atoms with Gasteiger partial charge in [0.15, 0.2) is 0 Å². The number of aliphatic carboxylic acids is 1. The average molecular weight is 495 g/mol. The van der Waals surface area contributed by atoms with E-state index in [1.165, 1.54) is 12.1 Å². The summed E-state index contributed by atoms with van der Waals surface area (Å²) in [6, 6.07) is 25.4. The summed E-state index contributed by atoms with van der Waals surface area (Å²) in [6.45, 7) is 1.55. The summed E-state index contributed by atoms with van der Waals surface area (Å²) in [6.07, 6.45) is 0.669. The van der Waals surface area contributed by atoms with Gasteiger partial charge in [-0.05, 0) is 41.7 Å². The van der Waals surface area contributed by atoms with Gasteiger partial charge < -0.3 is 10.4 Å². The van der Waals surface area contributed by atoms with Gasteiger partial charge in [-0.15, -0.1) is 0 Å². The number of hydrogen-bond acceptors (Lipinski definition) is 4. The SMILES string of the molecule is C[C@H](C[C@@H](Cc1ccc(-c2ccccc2)cc1)NC(=O)CCNS(=O)(=O)c1ccccc1)C(=O)O. The zero-order valence-electron chi connectivity index (χ0n) is 19.6. The fraction of sp³-hybridized carbons (Fsp3) is 0.259. The van der Waals surface area contributed by atoms with Gasteiger partial charge in [-0.3, -0.25) is 9.59 Å². The van der Waals surface area contributed by atoms with Crippen LogP contribution in [0.1, 0.15) is 25.3 Å². The number of carbonyl (C=O) groups excluding carboxylic acids is 1. The number of carboxylic acid groups (broad SMARTS) is 1. The van der Waals surface area contributed by atoms with Crippen molar-refractivity contribution in [2.75, 3.05) is 6.54 Å². The van der Waals surface area contributed by atoms with Gasteiger partial charge in [-0.1, -0.05) is 79.7 Å². The molecule has 2 atom stereocenters. The van der Waals surface area contributed by atoms with Gasteiger partial charge in [0.2, 0.25) is 15.9 Å². The largest absolute Gasteiger partial charge is 0.481 e. The Labute approximate surface area is 206 Å². The van der Waals surface area contributed by atoms with Gasteiger partial charge in [-0.25, -0.2) is 13.1 Å². The van der Waals surface area contributed by atoms with Gasteiger partial charge in [0.05, 0.1) is 10.8 Å². The third-order valence-electron chi connectivity index (χ3n) is 5.67. The second kappa shape index (κ2) is 12.3. The van der Waals surface area contributed by atoms with E-state index in [1.54, 1.807) is 25.1 Å². The highest BCUT2D eigenvalue weighted by atomic mass is 32.2. The van der Waals surface area contributed by atoms with Crippen LogP contribution in [0.4, 0.5) is 0 Å². The van der Waals surface area contributed by atoms with E-state index in [4.69, 9.17) is 0 Å². The Hall–Kier alpha value is -3.49. The van der Waals surface area contributed by atoms with Crippen LogP contribution in [-0.4, -0.2) is 38.0 Å². The molecule has 35 heavy (non-hydrogen) atoms. The number of amides is 1. The molecule has 0 saturated carbocycles. The summed E-state index contributed by atoms with van der Waals surface area (Å²) in [7, 11) is -3.70. The van der Waals surface area contributed by atoms with Crippen LogP contribution >= 0.6 is 0 Å². The second-order valence-electron chi connectivity index (χ2n) is 8.47. The van der Waals surface area contributed by atoms with E-state index in [0.29, 0.717) is 6.42 Å². The molecule has 0 aliphatic heterocycles. The first-order valence-electron chi connectivity index (χ1n) is 11.5. The first kappa shape index (κ1) is 26.1. The van der Waals surface area contributed by atoms with Gasteiger partial charge in [-0.2, -0.15) is 0 Å². The van der Waals surface area contributed by atoms with Crippen molar-refractivity contribution in [1.82, 2.24) is 10.0 Å². The van der Waals surface area contributed by atoms with E-state index in [-0.39, 0.29) is 30.2 Å². The molecule has 0 unspecified atom stereocenters. The predicted octanol–water partition coefficient (Wildman–Crippen LogP) is 3.86. The van der Waals surface area contributed by atoms with Gasteiger partial charge in [0.1, 0.15) is 0 Å². The molecule has 0 aromatic heterocycles. The smallest absolute Gasteiger partial charge is 0.306 e. The van der Waals surface area contributed by atoms with Gasteiger partial charge in [0.25, 0.3) is 0 Å². The van der Waals surface area contributed by atoms with Crippen LogP contribution in [0.15, 0.2) is 89.8 Å². The van der Waals surface area contributed by atoms with E-state index in [9.17, 15) is 23.1 Å². The van der Waals surface area contributed by atoms with Crippen LogP contribution in [-0.2, 0) is 26.0 Å². The number of sulfonamides is 1. The monoisotopic (exact) mass is 494 g/mol. The van der Waals surface area contributed by atoms with Crippen LogP contribution in [0.2, 0.25) is 0 Å². The summed E-state index contributed by atoms with van der Waals surface area (Å²) in [5.74, 6) is -1.91. The molecule has 8 heteroatoms. The molecule has 3 rings (SSSR count). The molecule has 0 bridgehead atoms. The number of carboxylic acids is 1. The molecule has 0 radical (unpaired) electrons. The molecule has 0 aliphatic rings. The molecule has 0 saturated heterocycles. The lowest BCUT2D eigenvalue weighted by molar-refractivity contribution is -0.141. The summed E-state index contributed by atoms with van der Waals surface area (Å²) >= 11 is 0. The highest BCUT2D eigenvalue weighted by molar-refractivity contribution is 7.89. The first-order chi connectivity index (χ1) is 16.7. The van der Waals surface area contributed by atoms with Crippen LogP contribution in [0.5, 0.6) is 0 Å². The number of carbonyl (C=O) groups is 2. The summed E-state index contributed by atoms with van der Waals surface area (Å²) in [5.41, 5.74) is 3.14. The lowest BCUT2D eigenvalue weighted by atomic mass is 9.95. The fourth-order valence-electron chi connectivity index (χ4n) is 3.75. The lowest BCUT2D eigenvalue weighted by Gasteiger charge is -2.21. The Balaban J connectivity index is 1.60. The van der Waals surface area contributed by atoms with Crippen molar-refractivity contribution < 1.29 is 23.1 Å². The molecule has 0 heterocycles. The van der Waals surface area contributed by atoms with Crippen LogP contribution in [0.25, 0.3) is 11.1 Å². The minimum absolute atomic E-state index is 0.0586. The van der Waals surface area contributed by atoms with E-state index in [1.807, 2.05) is 54.6 Å². The number of rotatable bonds is 12. The quantitative estimate of drug-likeness (QED) is 0.354. The molecule has 184 valence electrons. The Morgan fingerprint density at radius 3 is 2.03 bits per heavy atom. The summed E-state index contributed by atoms with van der Waals surface area (Å²) in [5, 5.41) is 12.2. The topological polar surface area (TPSA) is 113 Å². The zero-order chi connectivity index (χ0) is 25.3. The summed E-state index contributed by atoms with van der Waals surface area (Å²) in [4.78, 5) is 24.1. The third kappa shape index (κ3) is 8.05. The van der Waals surface area contributed by atoms with Crippen molar-refractivity contribution in [3.63, 3.8) is 0 Å². The fourth-order valence-corrected chi connectivity index (χ4v) is 4.80. The molecule has 0 spiro atoms. The van der Waals surface area contributed by atoms with Crippen LogP contribution in [0, 0.1) is 5.92 Å². The van der Waals surface area contributed by atoms with E-state index in [2.05, 4.69) is 10.0 Å². The standard InChI is InChI=1S/C27H30N2O5S/c1-20(27(31)32)18-24(19-21-12-14-23(15-13-21)22-8-4-2-5-9-22)29-26(30)16-17-28-35(33,34)25-10-6-3-7-11-25/h2-15,20,24,28H,16-19H2,1H3,(H,29,30)(H,31,32)/t20-,24+/m1/s1. The van der Waals surface area contributed by atoms with Crippen molar-refractivity contribution >= 4 is 21.9 Å². The Kier molecular flexibility index (Phi) is 9.17. The van der Waals surface area contributed by atoms with Crippen molar-refractivity contribution in [2.24, 2.45) is 5.92 Å². The maximum atomic E-state index is 12.6. The van der Waals surface area contributed by atoms with E-state index < -0.39 is 28.0 Å². The first-order valence-corrected chi connectivity index (χ1v) is 12.9. The second-order valence-corrected chi connectivity index (χ2v) is 10.2. The Morgan fingerprint density at radius 1 is 0.857 bits per heavy atom. The normalized spacial score (nSPS) is 13.1. The van der Waals surface area contributed by atoms with E-state index >= 15 is 0 Å². The molecule has 0 aliphatic carbocycles. The van der Waals surface area contributed by atoms with Crippen LogP contribution < -0.4 is 10.0 Å². The minimum atomic E-state index is -3.70. The lowest BCUT2D eigenvalue weighted by Crippen LogP contribution is -2.40. The molecule has 7 nitrogen and oxygen atoms in total. The highest BCUT2D eigenvalue weighted by Gasteiger charge is 2.21. The summed E-state index contributed by atoms with van der Waals surface area (Å²) < 4.78 is 27.1. The third-order valence-corrected chi connectivity index (χ3v) is 7.14. The highest BCUT2D eigenvalue weighted by Crippen LogP contribution is 2.20. The van der Waals surface area contributed by atoms with Gasteiger partial charge >= 0.3 is 5.97 Å². The Morgan fingerprint density at radius 2 is 1.43 bits per heavy atom. The van der Waals surface area contributed by atoms with Crippen molar-refractivity contribution in [2.45, 2.75) is 37.1 Å². The minimum Gasteiger partial charge on any atom is -0.481 e. The predicted molar refractivity (Wildman–Crippen MR) is 135 cm³/mol. The molecule has 3 N–H and O–H groups in total. The molecular weight excluding hydrogens is 464 g/mol. The van der Waals surface area contributed by atoms with Crippen molar-refractivity contribution in [3.8, 4) is 11.1 Å². The average Bonchev–Trinajstić information content (AvgIpc) is 2.85. The molecule has 1 amide bonds. The maximum Gasteiger partial charge on any atom is 0.306 e. The number of benzene rings is 3. The van der Waals surface area contributed by atoms with Crippen molar-refractivity contribution in [3.05, 3.63) is 90.5 Å². The van der Waals surface area contributed by atoms with Crippen LogP contribution in [0.3, 0.4) is 0 Å². The number of nitrogens with one attached hydrogen (secondary N) is 2. The zero-order valence-corrected chi connectivity index (χ0v) is 20.4. The molecule has 0 fully saturated rings. The molecule has 3 aromatic carbocycles. The molecule has 3 aromatic rings. The van der Waals surface area contributed by atoms with Crippen molar-refractivity contribution in [1.29, 1.82) is 0 Å². The number of hydrogen-bond donors (Lipinski definition) is 3. The Bertz CT molecular complexity index is 1210. The molecular formula is C27H30N2O5S. The van der Waals surface area contributed by atoms with Gasteiger partial charge in [0, 0.05) is 19.0 Å². The maximum absolute atomic E-state index is 12.6. The van der Waals surface area contributed by atoms with E-state index in [0.717, 1.165) is 16.7 Å².